The SMILES string of the molecule is O=[N+]([O-])c1cc(Cl)c(Cl)cc1NCCOC1CCCC1. The van der Waals surface area contributed by atoms with E-state index in [-0.39, 0.29) is 15.7 Å². The van der Waals surface area contributed by atoms with Crippen molar-refractivity contribution in [1.29, 1.82) is 0 Å². The molecule has 110 valence electrons. The van der Waals surface area contributed by atoms with Gasteiger partial charge in [0.2, 0.25) is 0 Å². The van der Waals surface area contributed by atoms with Crippen molar-refractivity contribution in [3.63, 3.8) is 0 Å². The number of ether oxygens (including phenoxy) is 1. The Hall–Kier alpha value is -1.04. The molecule has 1 aromatic carbocycles. The van der Waals surface area contributed by atoms with Crippen molar-refractivity contribution in [3.8, 4) is 0 Å². The standard InChI is InChI=1S/C13H16Cl2N2O3/c14-10-7-12(13(17(18)19)8-11(10)15)16-5-6-20-9-3-1-2-4-9/h7-9,16H,1-6H2. The van der Waals surface area contributed by atoms with Crippen molar-refractivity contribution in [2.45, 2.75) is 31.8 Å². The topological polar surface area (TPSA) is 64.4 Å². The van der Waals surface area contributed by atoms with Crippen LogP contribution in [0.15, 0.2) is 12.1 Å². The molecule has 1 fully saturated rings. The van der Waals surface area contributed by atoms with Gasteiger partial charge in [-0.2, -0.15) is 0 Å². The Kier molecular flexibility index (Phi) is 5.46. The van der Waals surface area contributed by atoms with Gasteiger partial charge in [0.1, 0.15) is 5.69 Å². The number of benzene rings is 1. The van der Waals surface area contributed by atoms with Crippen LogP contribution in [0.4, 0.5) is 11.4 Å². The number of nitro groups is 1. The van der Waals surface area contributed by atoms with Crippen LogP contribution in [0.25, 0.3) is 0 Å². The van der Waals surface area contributed by atoms with Gasteiger partial charge in [-0.05, 0) is 18.9 Å². The van der Waals surface area contributed by atoms with Gasteiger partial charge in [0.15, 0.2) is 0 Å². The summed E-state index contributed by atoms with van der Waals surface area (Å²) < 4.78 is 5.69. The molecule has 0 spiro atoms. The lowest BCUT2D eigenvalue weighted by atomic mass is 10.2. The van der Waals surface area contributed by atoms with E-state index >= 15 is 0 Å². The Labute approximate surface area is 127 Å². The second-order valence-corrected chi connectivity index (χ2v) is 5.56. The minimum absolute atomic E-state index is 0.0831. The molecule has 1 saturated carbocycles. The van der Waals surface area contributed by atoms with Gasteiger partial charge in [0, 0.05) is 12.6 Å². The molecular weight excluding hydrogens is 303 g/mol. The van der Waals surface area contributed by atoms with Crippen LogP contribution in [0.3, 0.4) is 0 Å². The maximum Gasteiger partial charge on any atom is 0.293 e. The fourth-order valence-electron chi connectivity index (χ4n) is 2.30. The highest BCUT2D eigenvalue weighted by Gasteiger charge is 2.17. The molecule has 0 radical (unpaired) electrons. The van der Waals surface area contributed by atoms with Gasteiger partial charge in [-0.15, -0.1) is 0 Å². The first-order chi connectivity index (χ1) is 9.58. The third-order valence-electron chi connectivity index (χ3n) is 3.31. The van der Waals surface area contributed by atoms with Crippen molar-refractivity contribution in [1.82, 2.24) is 0 Å². The highest BCUT2D eigenvalue weighted by Crippen LogP contribution is 2.33. The Morgan fingerprint density at radius 3 is 2.60 bits per heavy atom. The molecule has 0 saturated heterocycles. The molecular formula is C13H16Cl2N2O3. The molecule has 0 heterocycles. The van der Waals surface area contributed by atoms with Gasteiger partial charge < -0.3 is 10.1 Å². The molecule has 1 aliphatic carbocycles. The van der Waals surface area contributed by atoms with E-state index in [1.54, 1.807) is 0 Å². The Bertz CT molecular complexity index is 491. The summed E-state index contributed by atoms with van der Waals surface area (Å²) in [5.41, 5.74) is 0.277. The molecule has 1 N–H and O–H groups in total. The number of hydrogen-bond acceptors (Lipinski definition) is 4. The molecule has 2 rings (SSSR count). The van der Waals surface area contributed by atoms with Crippen molar-refractivity contribution >= 4 is 34.6 Å². The summed E-state index contributed by atoms with van der Waals surface area (Å²) in [4.78, 5) is 10.5. The summed E-state index contributed by atoms with van der Waals surface area (Å²) in [7, 11) is 0. The first-order valence-corrected chi connectivity index (χ1v) is 7.32. The van der Waals surface area contributed by atoms with E-state index in [2.05, 4.69) is 5.32 Å². The quantitative estimate of drug-likeness (QED) is 0.483. The maximum atomic E-state index is 11.0. The van der Waals surface area contributed by atoms with Gasteiger partial charge in [-0.25, -0.2) is 0 Å². The highest BCUT2D eigenvalue weighted by atomic mass is 35.5. The van der Waals surface area contributed by atoms with E-state index in [9.17, 15) is 10.1 Å². The minimum Gasteiger partial charge on any atom is -0.377 e. The third kappa shape index (κ3) is 3.98. The molecule has 20 heavy (non-hydrogen) atoms. The largest absolute Gasteiger partial charge is 0.377 e. The molecule has 5 nitrogen and oxygen atoms in total. The maximum absolute atomic E-state index is 11.0. The van der Waals surface area contributed by atoms with Gasteiger partial charge in [-0.3, -0.25) is 10.1 Å². The lowest BCUT2D eigenvalue weighted by Gasteiger charge is -2.12. The molecule has 0 amide bonds. The number of nitro benzene ring substituents is 1. The Balaban J connectivity index is 1.90. The van der Waals surface area contributed by atoms with Gasteiger partial charge >= 0.3 is 0 Å². The van der Waals surface area contributed by atoms with Crippen LogP contribution in [-0.2, 0) is 4.74 Å². The Morgan fingerprint density at radius 2 is 1.95 bits per heavy atom. The predicted molar refractivity (Wildman–Crippen MR) is 79.8 cm³/mol. The lowest BCUT2D eigenvalue weighted by molar-refractivity contribution is -0.383. The van der Waals surface area contributed by atoms with E-state index in [1.807, 2.05) is 0 Å². The van der Waals surface area contributed by atoms with Crippen LogP contribution in [-0.4, -0.2) is 24.2 Å². The van der Waals surface area contributed by atoms with E-state index < -0.39 is 4.92 Å². The summed E-state index contributed by atoms with van der Waals surface area (Å²) >= 11 is 11.7. The Morgan fingerprint density at radius 1 is 1.30 bits per heavy atom. The minimum atomic E-state index is -0.484. The van der Waals surface area contributed by atoms with E-state index in [0.717, 1.165) is 12.8 Å². The molecule has 7 heteroatoms. The number of rotatable bonds is 6. The first kappa shape index (κ1) is 15.4. The zero-order chi connectivity index (χ0) is 14.5. The molecule has 0 aliphatic heterocycles. The van der Waals surface area contributed by atoms with Crippen LogP contribution in [0.2, 0.25) is 10.0 Å². The van der Waals surface area contributed by atoms with E-state index in [1.165, 1.54) is 25.0 Å². The summed E-state index contributed by atoms with van der Waals surface area (Å²) in [5, 5.41) is 14.4. The molecule has 0 atom stereocenters. The molecule has 1 aromatic rings. The zero-order valence-electron chi connectivity index (χ0n) is 10.9. The van der Waals surface area contributed by atoms with E-state index in [4.69, 9.17) is 27.9 Å². The number of hydrogen-bond donors (Lipinski definition) is 1. The average Bonchev–Trinajstić information content (AvgIpc) is 2.91. The fraction of sp³-hybridized carbons (Fsp3) is 0.538. The second kappa shape index (κ2) is 7.11. The van der Waals surface area contributed by atoms with Crippen LogP contribution < -0.4 is 5.32 Å². The first-order valence-electron chi connectivity index (χ1n) is 6.57. The fourth-order valence-corrected chi connectivity index (χ4v) is 2.62. The molecule has 1 aliphatic rings. The number of nitrogens with one attached hydrogen (secondary N) is 1. The van der Waals surface area contributed by atoms with Gasteiger partial charge in [0.25, 0.3) is 5.69 Å². The number of nitrogens with zero attached hydrogens (tertiary/aromatic N) is 1. The summed E-state index contributed by atoms with van der Waals surface area (Å²) in [6.45, 7) is 1.01. The molecule has 0 bridgehead atoms. The van der Waals surface area contributed by atoms with E-state index in [0.29, 0.717) is 24.9 Å². The summed E-state index contributed by atoms with van der Waals surface area (Å²) in [6.07, 6.45) is 4.98. The second-order valence-electron chi connectivity index (χ2n) is 4.74. The summed E-state index contributed by atoms with van der Waals surface area (Å²) in [6, 6.07) is 2.72. The molecule has 0 aromatic heterocycles. The normalized spacial score (nSPS) is 15.5. The van der Waals surface area contributed by atoms with Gasteiger partial charge in [-0.1, -0.05) is 36.0 Å². The van der Waals surface area contributed by atoms with Crippen LogP contribution in [0.5, 0.6) is 0 Å². The van der Waals surface area contributed by atoms with Crippen molar-refractivity contribution < 1.29 is 9.66 Å². The van der Waals surface area contributed by atoms with Crippen LogP contribution in [0.1, 0.15) is 25.7 Å². The van der Waals surface area contributed by atoms with Crippen molar-refractivity contribution in [2.24, 2.45) is 0 Å². The van der Waals surface area contributed by atoms with Crippen molar-refractivity contribution in [2.75, 3.05) is 18.5 Å². The lowest BCUT2D eigenvalue weighted by Crippen LogP contribution is -2.15. The van der Waals surface area contributed by atoms with Gasteiger partial charge in [0.05, 0.1) is 27.7 Å². The number of halogens is 2. The number of anilines is 1. The smallest absolute Gasteiger partial charge is 0.293 e. The van der Waals surface area contributed by atoms with Crippen molar-refractivity contribution in [3.05, 3.63) is 32.3 Å². The van der Waals surface area contributed by atoms with Crippen LogP contribution in [0, 0.1) is 10.1 Å². The molecule has 0 unspecified atom stereocenters. The predicted octanol–water partition coefficient (Wildman–Crippen LogP) is 4.27. The third-order valence-corrected chi connectivity index (χ3v) is 4.03. The highest BCUT2D eigenvalue weighted by molar-refractivity contribution is 6.42. The summed E-state index contributed by atoms with van der Waals surface area (Å²) in [5.74, 6) is 0. The van der Waals surface area contributed by atoms with Crippen LogP contribution >= 0.6 is 23.2 Å². The zero-order valence-corrected chi connectivity index (χ0v) is 12.4. The average molecular weight is 319 g/mol. The monoisotopic (exact) mass is 318 g/mol.